The Morgan fingerprint density at radius 2 is 2.00 bits per heavy atom. The predicted molar refractivity (Wildman–Crippen MR) is 62.6 cm³/mol. The van der Waals surface area contributed by atoms with Gasteiger partial charge in [0.15, 0.2) is 0 Å². The van der Waals surface area contributed by atoms with Gasteiger partial charge in [-0.15, -0.1) is 0 Å². The lowest BCUT2D eigenvalue weighted by Gasteiger charge is -2.25. The van der Waals surface area contributed by atoms with Gasteiger partial charge < -0.3 is 10.2 Å². The molecule has 1 aliphatic rings. The molecule has 0 amide bonds. The number of nitrogens with one attached hydrogen (secondary N) is 1. The zero-order valence-corrected chi connectivity index (χ0v) is 10.2. The van der Waals surface area contributed by atoms with Crippen molar-refractivity contribution in [2.24, 2.45) is 5.92 Å². The lowest BCUT2D eigenvalue weighted by atomic mass is 10.1. The molecule has 0 aromatic rings. The van der Waals surface area contributed by atoms with Gasteiger partial charge in [-0.2, -0.15) is 0 Å². The minimum Gasteiger partial charge on any atom is -0.317 e. The summed E-state index contributed by atoms with van der Waals surface area (Å²) < 4.78 is 0. The first-order valence-corrected chi connectivity index (χ1v) is 6.02. The van der Waals surface area contributed by atoms with Crippen LogP contribution in [0.1, 0.15) is 39.5 Å². The zero-order valence-electron chi connectivity index (χ0n) is 10.2. The van der Waals surface area contributed by atoms with Gasteiger partial charge in [-0.05, 0) is 66.1 Å². The van der Waals surface area contributed by atoms with Gasteiger partial charge in [0.2, 0.25) is 0 Å². The van der Waals surface area contributed by atoms with Crippen LogP contribution in [-0.2, 0) is 0 Å². The highest BCUT2D eigenvalue weighted by molar-refractivity contribution is 4.84. The first-order valence-electron chi connectivity index (χ1n) is 6.02. The highest BCUT2D eigenvalue weighted by Gasteiger charge is 2.29. The third-order valence-corrected chi connectivity index (χ3v) is 3.64. The Bertz CT molecular complexity index is 154. The molecule has 0 heterocycles. The summed E-state index contributed by atoms with van der Waals surface area (Å²) >= 11 is 0. The molecule has 14 heavy (non-hydrogen) atoms. The standard InChI is InChI=1S/C12H26N2/c1-10(13-3)6-5-9-14(4)11(2)12-7-8-12/h10-13H,5-9H2,1-4H3. The van der Waals surface area contributed by atoms with Crippen molar-refractivity contribution in [3.63, 3.8) is 0 Å². The molecule has 84 valence electrons. The van der Waals surface area contributed by atoms with Crippen LogP contribution in [0.5, 0.6) is 0 Å². The second-order valence-corrected chi connectivity index (χ2v) is 4.89. The second-order valence-electron chi connectivity index (χ2n) is 4.89. The summed E-state index contributed by atoms with van der Waals surface area (Å²) in [5.74, 6) is 1.00. The highest BCUT2D eigenvalue weighted by Crippen LogP contribution is 2.34. The third kappa shape index (κ3) is 3.97. The van der Waals surface area contributed by atoms with Gasteiger partial charge in [0.1, 0.15) is 0 Å². The summed E-state index contributed by atoms with van der Waals surface area (Å²) in [5.41, 5.74) is 0. The van der Waals surface area contributed by atoms with E-state index in [1.54, 1.807) is 0 Å². The predicted octanol–water partition coefficient (Wildman–Crippen LogP) is 2.10. The molecule has 0 radical (unpaired) electrons. The fourth-order valence-corrected chi connectivity index (χ4v) is 1.93. The topological polar surface area (TPSA) is 15.3 Å². The molecule has 1 N–H and O–H groups in total. The Balaban J connectivity index is 2.04. The second kappa shape index (κ2) is 5.72. The minimum absolute atomic E-state index is 0.666. The first kappa shape index (κ1) is 12.0. The summed E-state index contributed by atoms with van der Waals surface area (Å²) in [7, 11) is 4.31. The molecular weight excluding hydrogens is 172 g/mol. The molecule has 1 fully saturated rings. The Labute approximate surface area is 89.1 Å². The van der Waals surface area contributed by atoms with Crippen LogP contribution in [-0.4, -0.2) is 37.6 Å². The van der Waals surface area contributed by atoms with E-state index in [0.29, 0.717) is 6.04 Å². The molecule has 0 aromatic carbocycles. The van der Waals surface area contributed by atoms with Crippen molar-refractivity contribution in [1.29, 1.82) is 0 Å². The summed E-state index contributed by atoms with van der Waals surface area (Å²) in [5, 5.41) is 3.28. The molecule has 2 heteroatoms. The van der Waals surface area contributed by atoms with E-state index in [1.165, 1.54) is 32.2 Å². The van der Waals surface area contributed by atoms with Crippen LogP contribution in [0.2, 0.25) is 0 Å². The van der Waals surface area contributed by atoms with E-state index in [1.807, 2.05) is 7.05 Å². The van der Waals surface area contributed by atoms with E-state index >= 15 is 0 Å². The average Bonchev–Trinajstić information content (AvgIpc) is 2.99. The third-order valence-electron chi connectivity index (χ3n) is 3.64. The highest BCUT2D eigenvalue weighted by atomic mass is 15.1. The van der Waals surface area contributed by atoms with Gasteiger partial charge >= 0.3 is 0 Å². The lowest BCUT2D eigenvalue weighted by Crippen LogP contribution is -2.32. The van der Waals surface area contributed by atoms with E-state index in [9.17, 15) is 0 Å². The van der Waals surface area contributed by atoms with Crippen LogP contribution in [0.25, 0.3) is 0 Å². The molecule has 2 nitrogen and oxygen atoms in total. The van der Waals surface area contributed by atoms with Crippen molar-refractivity contribution < 1.29 is 0 Å². The number of rotatable bonds is 7. The maximum absolute atomic E-state index is 3.28. The minimum atomic E-state index is 0.666. The zero-order chi connectivity index (χ0) is 10.6. The SMILES string of the molecule is CNC(C)CCCN(C)C(C)C1CC1. The summed E-state index contributed by atoms with van der Waals surface area (Å²) in [4.78, 5) is 2.53. The molecule has 1 saturated carbocycles. The van der Waals surface area contributed by atoms with Crippen LogP contribution in [0.4, 0.5) is 0 Å². The van der Waals surface area contributed by atoms with E-state index in [2.05, 4.69) is 31.1 Å². The Hall–Kier alpha value is -0.0800. The van der Waals surface area contributed by atoms with Crippen molar-refractivity contribution in [2.45, 2.75) is 51.6 Å². The van der Waals surface area contributed by atoms with Gasteiger partial charge in [0.05, 0.1) is 0 Å². The Morgan fingerprint density at radius 1 is 1.36 bits per heavy atom. The van der Waals surface area contributed by atoms with Crippen molar-refractivity contribution in [1.82, 2.24) is 10.2 Å². The van der Waals surface area contributed by atoms with Crippen LogP contribution in [0.3, 0.4) is 0 Å². The van der Waals surface area contributed by atoms with Gasteiger partial charge in [0.25, 0.3) is 0 Å². The van der Waals surface area contributed by atoms with E-state index in [4.69, 9.17) is 0 Å². The van der Waals surface area contributed by atoms with Gasteiger partial charge in [-0.1, -0.05) is 0 Å². The Kier molecular flexibility index (Phi) is 4.90. The molecule has 1 aliphatic carbocycles. The van der Waals surface area contributed by atoms with Crippen molar-refractivity contribution in [3.05, 3.63) is 0 Å². The van der Waals surface area contributed by atoms with Crippen LogP contribution >= 0.6 is 0 Å². The molecule has 0 saturated heterocycles. The first-order chi connectivity index (χ1) is 6.65. The summed E-state index contributed by atoms with van der Waals surface area (Å²) in [6.45, 7) is 5.88. The molecule has 0 aliphatic heterocycles. The van der Waals surface area contributed by atoms with Gasteiger partial charge in [0, 0.05) is 12.1 Å². The smallest absolute Gasteiger partial charge is 0.00921 e. The number of nitrogens with zero attached hydrogens (tertiary/aromatic N) is 1. The summed E-state index contributed by atoms with van der Waals surface area (Å²) in [6.07, 6.45) is 5.52. The van der Waals surface area contributed by atoms with Crippen LogP contribution < -0.4 is 5.32 Å². The molecule has 1 rings (SSSR count). The van der Waals surface area contributed by atoms with E-state index in [-0.39, 0.29) is 0 Å². The van der Waals surface area contributed by atoms with Gasteiger partial charge in [-0.3, -0.25) is 0 Å². The van der Waals surface area contributed by atoms with Crippen LogP contribution in [0, 0.1) is 5.92 Å². The fraction of sp³-hybridized carbons (Fsp3) is 1.00. The molecular formula is C12H26N2. The molecule has 0 bridgehead atoms. The van der Waals surface area contributed by atoms with Crippen molar-refractivity contribution in [2.75, 3.05) is 20.6 Å². The fourth-order valence-electron chi connectivity index (χ4n) is 1.93. The van der Waals surface area contributed by atoms with E-state index in [0.717, 1.165) is 12.0 Å². The average molecular weight is 198 g/mol. The van der Waals surface area contributed by atoms with E-state index < -0.39 is 0 Å². The summed E-state index contributed by atoms with van der Waals surface area (Å²) in [6, 6.07) is 1.47. The maximum Gasteiger partial charge on any atom is 0.00921 e. The van der Waals surface area contributed by atoms with Crippen molar-refractivity contribution in [3.8, 4) is 0 Å². The largest absolute Gasteiger partial charge is 0.317 e. The molecule has 0 aromatic heterocycles. The normalized spacial score (nSPS) is 21.2. The number of hydrogen-bond acceptors (Lipinski definition) is 2. The quantitative estimate of drug-likeness (QED) is 0.674. The Morgan fingerprint density at radius 3 is 2.50 bits per heavy atom. The molecule has 0 spiro atoms. The van der Waals surface area contributed by atoms with Crippen LogP contribution in [0.15, 0.2) is 0 Å². The lowest BCUT2D eigenvalue weighted by molar-refractivity contribution is 0.228. The number of hydrogen-bond donors (Lipinski definition) is 1. The monoisotopic (exact) mass is 198 g/mol. The maximum atomic E-state index is 3.28. The molecule has 2 atom stereocenters. The molecule has 2 unspecified atom stereocenters. The van der Waals surface area contributed by atoms with Crippen molar-refractivity contribution >= 4 is 0 Å². The van der Waals surface area contributed by atoms with Gasteiger partial charge in [-0.25, -0.2) is 0 Å².